The van der Waals surface area contributed by atoms with Crippen molar-refractivity contribution in [3.63, 3.8) is 0 Å². The highest BCUT2D eigenvalue weighted by Crippen LogP contribution is 2.50. The second-order valence-corrected chi connectivity index (χ2v) is 6.04. The summed E-state index contributed by atoms with van der Waals surface area (Å²) in [5, 5.41) is 3.59. The molecule has 1 fully saturated rings. The average Bonchev–Trinajstić information content (AvgIpc) is 2.93. The van der Waals surface area contributed by atoms with Crippen LogP contribution < -0.4 is 5.32 Å². The third-order valence-electron chi connectivity index (χ3n) is 4.02. The first-order valence-corrected chi connectivity index (χ1v) is 6.93. The number of unbranched alkanes of at least 4 members (excludes halogenated alkanes) is 1. The molecule has 0 aromatic heterocycles. The van der Waals surface area contributed by atoms with Crippen LogP contribution in [0.3, 0.4) is 0 Å². The molecule has 1 atom stereocenters. The molecule has 2 rings (SSSR count). The van der Waals surface area contributed by atoms with Crippen LogP contribution in [0.1, 0.15) is 38.7 Å². The third-order valence-corrected chi connectivity index (χ3v) is 4.02. The van der Waals surface area contributed by atoms with Crippen LogP contribution in [0.5, 0.6) is 0 Å². The van der Waals surface area contributed by atoms with E-state index in [0.29, 0.717) is 5.41 Å². The summed E-state index contributed by atoms with van der Waals surface area (Å²) in [6, 6.07) is 10.8. The Morgan fingerprint density at radius 1 is 1.18 bits per heavy atom. The van der Waals surface area contributed by atoms with E-state index in [9.17, 15) is 0 Å². The molecule has 1 aromatic carbocycles. The Morgan fingerprint density at radius 2 is 1.88 bits per heavy atom. The van der Waals surface area contributed by atoms with E-state index < -0.39 is 0 Å². The first kappa shape index (κ1) is 12.6. The zero-order chi connectivity index (χ0) is 12.1. The van der Waals surface area contributed by atoms with Gasteiger partial charge in [-0.3, -0.25) is 0 Å². The molecule has 1 unspecified atom stereocenters. The van der Waals surface area contributed by atoms with Gasteiger partial charge in [0.25, 0.3) is 0 Å². The molecule has 0 spiro atoms. The van der Waals surface area contributed by atoms with Crippen molar-refractivity contribution in [1.82, 2.24) is 5.32 Å². The Hall–Kier alpha value is -0.820. The van der Waals surface area contributed by atoms with Crippen LogP contribution in [0.4, 0.5) is 0 Å². The molecule has 1 heteroatoms. The molecule has 17 heavy (non-hydrogen) atoms. The molecule has 1 nitrogen and oxygen atoms in total. The van der Waals surface area contributed by atoms with Gasteiger partial charge in [0.1, 0.15) is 0 Å². The first-order valence-electron chi connectivity index (χ1n) is 6.93. The molecule has 0 aliphatic heterocycles. The Morgan fingerprint density at radius 3 is 2.53 bits per heavy atom. The summed E-state index contributed by atoms with van der Waals surface area (Å²) in [4.78, 5) is 0. The van der Waals surface area contributed by atoms with Gasteiger partial charge in [0.15, 0.2) is 0 Å². The average molecular weight is 231 g/mol. The molecular weight excluding hydrogens is 206 g/mol. The highest BCUT2D eigenvalue weighted by molar-refractivity contribution is 5.14. The minimum absolute atomic E-state index is 0.622. The number of nitrogens with one attached hydrogen (secondary N) is 1. The van der Waals surface area contributed by atoms with Gasteiger partial charge in [-0.05, 0) is 55.7 Å². The number of hydrogen-bond acceptors (Lipinski definition) is 1. The van der Waals surface area contributed by atoms with E-state index in [2.05, 4.69) is 49.5 Å². The van der Waals surface area contributed by atoms with Crippen molar-refractivity contribution in [2.24, 2.45) is 11.3 Å². The summed E-state index contributed by atoms with van der Waals surface area (Å²) in [7, 11) is 0. The Bertz CT molecular complexity index is 329. The van der Waals surface area contributed by atoms with Crippen LogP contribution in [-0.4, -0.2) is 13.1 Å². The number of aryl methyl sites for hydroxylation is 1. The van der Waals surface area contributed by atoms with E-state index in [0.717, 1.165) is 5.92 Å². The van der Waals surface area contributed by atoms with Crippen molar-refractivity contribution in [1.29, 1.82) is 0 Å². The summed E-state index contributed by atoms with van der Waals surface area (Å²) in [5.74, 6) is 0.927. The summed E-state index contributed by atoms with van der Waals surface area (Å²) >= 11 is 0. The van der Waals surface area contributed by atoms with Crippen LogP contribution in [-0.2, 0) is 6.42 Å². The lowest BCUT2D eigenvalue weighted by Crippen LogP contribution is -2.19. The molecule has 1 saturated carbocycles. The van der Waals surface area contributed by atoms with Crippen molar-refractivity contribution in [2.75, 3.05) is 13.1 Å². The molecule has 1 aliphatic rings. The largest absolute Gasteiger partial charge is 0.316 e. The number of benzene rings is 1. The third kappa shape index (κ3) is 4.16. The maximum atomic E-state index is 3.59. The van der Waals surface area contributed by atoms with Crippen molar-refractivity contribution in [2.45, 2.75) is 39.5 Å². The van der Waals surface area contributed by atoms with Crippen LogP contribution in [0, 0.1) is 11.3 Å². The van der Waals surface area contributed by atoms with Crippen molar-refractivity contribution < 1.29 is 0 Å². The van der Waals surface area contributed by atoms with Gasteiger partial charge in [0.05, 0.1) is 0 Å². The molecule has 1 N–H and O–H groups in total. The standard InChI is InChI=1S/C16H25N/c1-16(2)12-15(16)13-17-11-7-6-10-14-8-4-3-5-9-14/h3-5,8-9,15,17H,6-7,10-13H2,1-2H3. The normalized spacial score (nSPS) is 21.4. The van der Waals surface area contributed by atoms with Gasteiger partial charge in [-0.2, -0.15) is 0 Å². The lowest BCUT2D eigenvalue weighted by Gasteiger charge is -2.06. The Balaban J connectivity index is 1.47. The fourth-order valence-electron chi connectivity index (χ4n) is 2.42. The maximum absolute atomic E-state index is 3.59. The topological polar surface area (TPSA) is 12.0 Å². The predicted molar refractivity (Wildman–Crippen MR) is 74.1 cm³/mol. The summed E-state index contributed by atoms with van der Waals surface area (Å²) in [5.41, 5.74) is 2.09. The van der Waals surface area contributed by atoms with E-state index >= 15 is 0 Å². The van der Waals surface area contributed by atoms with Gasteiger partial charge in [-0.15, -0.1) is 0 Å². The molecule has 0 bridgehead atoms. The van der Waals surface area contributed by atoms with Crippen molar-refractivity contribution in [3.05, 3.63) is 35.9 Å². The predicted octanol–water partition coefficient (Wildman–Crippen LogP) is 3.65. The molecular formula is C16H25N. The lowest BCUT2D eigenvalue weighted by atomic mass is 10.1. The molecule has 0 saturated heterocycles. The molecule has 1 aromatic rings. The SMILES string of the molecule is CC1(C)CC1CNCCCCc1ccccc1. The van der Waals surface area contributed by atoms with Crippen LogP contribution in [0.15, 0.2) is 30.3 Å². The Labute approximate surface area is 106 Å². The van der Waals surface area contributed by atoms with E-state index in [-0.39, 0.29) is 0 Å². The van der Waals surface area contributed by atoms with Gasteiger partial charge in [-0.1, -0.05) is 44.2 Å². The van der Waals surface area contributed by atoms with Gasteiger partial charge in [0, 0.05) is 0 Å². The van der Waals surface area contributed by atoms with Gasteiger partial charge < -0.3 is 5.32 Å². The maximum Gasteiger partial charge on any atom is -0.00152 e. The smallest absolute Gasteiger partial charge is 0.00152 e. The zero-order valence-corrected chi connectivity index (χ0v) is 11.2. The van der Waals surface area contributed by atoms with E-state index in [1.807, 2.05) is 0 Å². The summed E-state index contributed by atoms with van der Waals surface area (Å²) in [6.45, 7) is 7.14. The summed E-state index contributed by atoms with van der Waals surface area (Å²) in [6.07, 6.45) is 5.22. The van der Waals surface area contributed by atoms with E-state index in [4.69, 9.17) is 0 Å². The fourth-order valence-corrected chi connectivity index (χ4v) is 2.42. The zero-order valence-electron chi connectivity index (χ0n) is 11.2. The molecule has 0 amide bonds. The first-order chi connectivity index (χ1) is 8.18. The van der Waals surface area contributed by atoms with Gasteiger partial charge in [0.2, 0.25) is 0 Å². The molecule has 94 valence electrons. The van der Waals surface area contributed by atoms with Crippen LogP contribution in [0.2, 0.25) is 0 Å². The van der Waals surface area contributed by atoms with Gasteiger partial charge >= 0.3 is 0 Å². The van der Waals surface area contributed by atoms with Crippen molar-refractivity contribution >= 4 is 0 Å². The van der Waals surface area contributed by atoms with E-state index in [1.165, 1.54) is 44.3 Å². The second kappa shape index (κ2) is 5.68. The van der Waals surface area contributed by atoms with Gasteiger partial charge in [-0.25, -0.2) is 0 Å². The minimum atomic E-state index is 0.622. The molecule has 0 heterocycles. The fraction of sp³-hybridized carbons (Fsp3) is 0.625. The molecule has 1 aliphatic carbocycles. The van der Waals surface area contributed by atoms with E-state index in [1.54, 1.807) is 0 Å². The van der Waals surface area contributed by atoms with Crippen molar-refractivity contribution in [3.8, 4) is 0 Å². The lowest BCUT2D eigenvalue weighted by molar-refractivity contribution is 0.512. The highest BCUT2D eigenvalue weighted by atomic mass is 14.9. The Kier molecular flexibility index (Phi) is 4.22. The number of rotatable bonds is 7. The van der Waals surface area contributed by atoms with Crippen LogP contribution in [0.25, 0.3) is 0 Å². The monoisotopic (exact) mass is 231 g/mol. The second-order valence-electron chi connectivity index (χ2n) is 6.04. The number of hydrogen-bond donors (Lipinski definition) is 1. The quantitative estimate of drug-likeness (QED) is 0.706. The summed E-state index contributed by atoms with van der Waals surface area (Å²) < 4.78 is 0. The minimum Gasteiger partial charge on any atom is -0.316 e. The highest BCUT2D eigenvalue weighted by Gasteiger charge is 2.44. The molecule has 0 radical (unpaired) electrons. The van der Waals surface area contributed by atoms with Crippen LogP contribution >= 0.6 is 0 Å².